The molecule has 3 aromatic rings. The first-order valence-corrected chi connectivity index (χ1v) is 9.48. The molecule has 0 aliphatic rings. The summed E-state index contributed by atoms with van der Waals surface area (Å²) in [5.41, 5.74) is 7.20. The molecule has 9 nitrogen and oxygen atoms in total. The number of rotatable bonds is 9. The predicted molar refractivity (Wildman–Crippen MR) is 99.9 cm³/mol. The van der Waals surface area contributed by atoms with E-state index in [0.29, 0.717) is 17.1 Å². The number of fused-ring (bicyclic) bond motifs is 1. The number of ether oxygens (including phenoxy) is 1. The van der Waals surface area contributed by atoms with Gasteiger partial charge < -0.3 is 20.1 Å². The summed E-state index contributed by atoms with van der Waals surface area (Å²) in [6.07, 6.45) is -0.00586. The van der Waals surface area contributed by atoms with E-state index in [9.17, 15) is 9.67 Å². The van der Waals surface area contributed by atoms with Gasteiger partial charge in [-0.3, -0.25) is 4.52 Å². The fourth-order valence-corrected chi connectivity index (χ4v) is 3.30. The van der Waals surface area contributed by atoms with Crippen LogP contribution in [0.15, 0.2) is 48.8 Å². The lowest BCUT2D eigenvalue weighted by atomic mass is 10.1. The third-order valence-corrected chi connectivity index (χ3v) is 4.82. The van der Waals surface area contributed by atoms with E-state index in [4.69, 9.17) is 19.5 Å². The monoisotopic (exact) mass is 392 g/mol. The van der Waals surface area contributed by atoms with Crippen molar-refractivity contribution in [3.05, 3.63) is 54.5 Å². The van der Waals surface area contributed by atoms with Crippen LogP contribution in [0.5, 0.6) is 5.75 Å². The molecule has 0 amide bonds. The second kappa shape index (κ2) is 8.96. The van der Waals surface area contributed by atoms with Crippen molar-refractivity contribution >= 4 is 19.6 Å². The summed E-state index contributed by atoms with van der Waals surface area (Å²) in [6.45, 7) is -0.0806. The van der Waals surface area contributed by atoms with Crippen molar-refractivity contribution in [1.82, 2.24) is 14.6 Å². The summed E-state index contributed by atoms with van der Waals surface area (Å²) in [7, 11) is -1.32. The van der Waals surface area contributed by atoms with E-state index in [1.54, 1.807) is 40.9 Å². The van der Waals surface area contributed by atoms with E-state index < -0.39 is 20.5 Å². The highest BCUT2D eigenvalue weighted by atomic mass is 31.1. The summed E-state index contributed by atoms with van der Waals surface area (Å²) in [4.78, 5) is 3.93. The van der Waals surface area contributed by atoms with Gasteiger partial charge in [0.1, 0.15) is 23.7 Å². The van der Waals surface area contributed by atoms with Gasteiger partial charge in [0, 0.05) is 19.2 Å². The summed E-state index contributed by atoms with van der Waals surface area (Å²) in [5, 5.41) is 14.6. The van der Waals surface area contributed by atoms with E-state index in [1.807, 2.05) is 6.07 Å². The predicted octanol–water partition coefficient (Wildman–Crippen LogP) is 1.72. The zero-order valence-corrected chi connectivity index (χ0v) is 15.7. The van der Waals surface area contributed by atoms with Crippen molar-refractivity contribution in [3.63, 3.8) is 0 Å². The molecule has 0 saturated heterocycles. The molecule has 0 bridgehead atoms. The molecule has 3 rings (SSSR count). The number of aromatic nitrogens is 3. The van der Waals surface area contributed by atoms with Crippen molar-refractivity contribution in [2.24, 2.45) is 0 Å². The summed E-state index contributed by atoms with van der Waals surface area (Å²) < 4.78 is 29.3. The maximum absolute atomic E-state index is 12.0. The number of anilines is 1. The first kappa shape index (κ1) is 19.3. The van der Waals surface area contributed by atoms with Crippen LogP contribution >= 0.6 is 8.25 Å². The van der Waals surface area contributed by atoms with Gasteiger partial charge in [-0.15, -0.1) is 0 Å². The Hall–Kier alpha value is -2.45. The number of hydrogen-bond acceptors (Lipinski definition) is 8. The third-order valence-electron chi connectivity index (χ3n) is 4.02. The van der Waals surface area contributed by atoms with Gasteiger partial charge in [0.25, 0.3) is 0 Å². The lowest BCUT2D eigenvalue weighted by Crippen LogP contribution is -2.34. The topological polar surface area (TPSA) is 121 Å². The summed E-state index contributed by atoms with van der Waals surface area (Å²) in [6, 6.07) is 12.3. The number of aliphatic hydroxyl groups excluding tert-OH is 1. The summed E-state index contributed by atoms with van der Waals surface area (Å²) in [5.74, 6) is 0.807. The van der Waals surface area contributed by atoms with Gasteiger partial charge in [-0.2, -0.15) is 5.10 Å². The van der Waals surface area contributed by atoms with Gasteiger partial charge in [0.05, 0.1) is 12.7 Å². The highest BCUT2D eigenvalue weighted by Gasteiger charge is 2.22. The second-order valence-corrected chi connectivity index (χ2v) is 6.78. The molecule has 0 aliphatic heterocycles. The number of nitrogens with two attached hydrogens (primary N) is 1. The van der Waals surface area contributed by atoms with Crippen LogP contribution in [0.4, 0.5) is 5.82 Å². The van der Waals surface area contributed by atoms with Crippen molar-refractivity contribution in [3.8, 4) is 5.75 Å². The van der Waals surface area contributed by atoms with Crippen LogP contribution in [0.2, 0.25) is 0 Å². The Morgan fingerprint density at radius 2 is 2.04 bits per heavy atom. The Morgan fingerprint density at radius 1 is 1.26 bits per heavy atom. The maximum Gasteiger partial charge on any atom is 0.367 e. The molecule has 2 heterocycles. The standard InChI is InChI=1S/C17H21N4O5P/c1-24-16(10-25-27(23)26-13-5-3-2-4-6-13)15(22)9-12-7-8-14-17(18)19-11-20-21(12)14/h2-8,11,15-16,22,27H,9-10H2,1H3,(H2,18,19,20)/t15-,16+/m0/s1. The van der Waals surface area contributed by atoms with Crippen LogP contribution in [-0.4, -0.2) is 45.6 Å². The Bertz CT molecular complexity index is 905. The van der Waals surface area contributed by atoms with Crippen LogP contribution in [0.1, 0.15) is 5.69 Å². The number of benzene rings is 1. The van der Waals surface area contributed by atoms with Crippen LogP contribution in [0.25, 0.3) is 5.52 Å². The molecule has 3 atom stereocenters. The Balaban J connectivity index is 1.58. The molecule has 0 aliphatic carbocycles. The molecule has 0 fully saturated rings. The lowest BCUT2D eigenvalue weighted by molar-refractivity contribution is -0.0353. The summed E-state index contributed by atoms with van der Waals surface area (Å²) >= 11 is 0. The average molecular weight is 392 g/mol. The molecule has 0 saturated carbocycles. The quantitative estimate of drug-likeness (QED) is 0.528. The van der Waals surface area contributed by atoms with Crippen LogP contribution in [-0.2, 0) is 20.2 Å². The van der Waals surface area contributed by atoms with Crippen LogP contribution in [0.3, 0.4) is 0 Å². The van der Waals surface area contributed by atoms with Crippen LogP contribution in [0, 0.1) is 0 Å². The van der Waals surface area contributed by atoms with Crippen LogP contribution < -0.4 is 10.3 Å². The smallest absolute Gasteiger partial charge is 0.367 e. The Morgan fingerprint density at radius 3 is 2.78 bits per heavy atom. The highest BCUT2D eigenvalue weighted by molar-refractivity contribution is 7.33. The minimum atomic E-state index is -2.76. The molecule has 1 unspecified atom stereocenters. The van der Waals surface area contributed by atoms with Gasteiger partial charge in [-0.1, -0.05) is 18.2 Å². The minimum absolute atomic E-state index is 0.0806. The van der Waals surface area contributed by atoms with Crippen molar-refractivity contribution in [2.45, 2.75) is 18.6 Å². The van der Waals surface area contributed by atoms with Gasteiger partial charge >= 0.3 is 8.25 Å². The molecule has 144 valence electrons. The van der Waals surface area contributed by atoms with E-state index in [1.165, 1.54) is 13.4 Å². The fraction of sp³-hybridized carbons (Fsp3) is 0.294. The lowest BCUT2D eigenvalue weighted by Gasteiger charge is -2.21. The van der Waals surface area contributed by atoms with Gasteiger partial charge in [-0.25, -0.2) is 14.1 Å². The number of para-hydroxylation sites is 1. The minimum Gasteiger partial charge on any atom is -0.426 e. The number of aliphatic hydroxyl groups is 1. The highest BCUT2D eigenvalue weighted by Crippen LogP contribution is 2.28. The SMILES string of the molecule is CO[C@H](CO[PH](=O)Oc1ccccc1)[C@@H](O)Cc1ccc2c(N)ncnn12. The molecular weight excluding hydrogens is 371 g/mol. The van der Waals surface area contributed by atoms with Gasteiger partial charge in [0.2, 0.25) is 0 Å². The zero-order valence-electron chi connectivity index (χ0n) is 14.7. The number of hydrogen-bond donors (Lipinski definition) is 2. The number of nitrogen functional groups attached to an aromatic ring is 1. The molecular formula is C17H21N4O5P. The first-order chi connectivity index (χ1) is 13.1. The molecule has 2 aromatic heterocycles. The third kappa shape index (κ3) is 4.84. The zero-order chi connectivity index (χ0) is 19.2. The van der Waals surface area contributed by atoms with Crippen molar-refractivity contribution in [1.29, 1.82) is 0 Å². The molecule has 1 aromatic carbocycles. The van der Waals surface area contributed by atoms with E-state index in [0.717, 1.165) is 5.69 Å². The van der Waals surface area contributed by atoms with Gasteiger partial charge in [-0.05, 0) is 24.3 Å². The normalized spacial score (nSPS) is 14.7. The average Bonchev–Trinajstić information content (AvgIpc) is 3.07. The second-order valence-electron chi connectivity index (χ2n) is 5.79. The molecule has 10 heteroatoms. The molecule has 3 N–H and O–H groups in total. The fourth-order valence-electron chi connectivity index (χ4n) is 2.61. The van der Waals surface area contributed by atoms with E-state index >= 15 is 0 Å². The Kier molecular flexibility index (Phi) is 6.41. The van der Waals surface area contributed by atoms with E-state index in [2.05, 4.69) is 10.1 Å². The molecule has 0 radical (unpaired) electrons. The van der Waals surface area contributed by atoms with E-state index in [-0.39, 0.29) is 13.0 Å². The molecule has 27 heavy (non-hydrogen) atoms. The first-order valence-electron chi connectivity index (χ1n) is 8.26. The maximum atomic E-state index is 12.0. The van der Waals surface area contributed by atoms with Crippen molar-refractivity contribution < 1.29 is 23.5 Å². The number of methoxy groups -OCH3 is 1. The van der Waals surface area contributed by atoms with Gasteiger partial charge in [0.15, 0.2) is 5.82 Å². The largest absolute Gasteiger partial charge is 0.426 e. The Labute approximate surface area is 156 Å². The molecule has 0 spiro atoms. The number of nitrogens with zero attached hydrogens (tertiary/aromatic N) is 3. The van der Waals surface area contributed by atoms with Crippen molar-refractivity contribution in [2.75, 3.05) is 19.5 Å².